The number of hydrogen-bond acceptors (Lipinski definition) is 6. The van der Waals surface area contributed by atoms with E-state index >= 15 is 0 Å². The van der Waals surface area contributed by atoms with Gasteiger partial charge in [0.2, 0.25) is 6.10 Å². The van der Waals surface area contributed by atoms with Crippen molar-refractivity contribution < 1.29 is 45.2 Å². The van der Waals surface area contributed by atoms with E-state index in [1.54, 1.807) is 12.1 Å². The molecule has 1 aliphatic rings. The molecule has 0 aliphatic heterocycles. The molecule has 3 atom stereocenters. The van der Waals surface area contributed by atoms with E-state index in [1.165, 1.54) is 0 Å². The van der Waals surface area contributed by atoms with Crippen molar-refractivity contribution in [2.75, 3.05) is 5.75 Å². The van der Waals surface area contributed by atoms with Gasteiger partial charge in [0, 0.05) is 4.47 Å². The van der Waals surface area contributed by atoms with Crippen LogP contribution < -0.4 is 4.74 Å². The monoisotopic (exact) mass is 644 g/mol. The van der Waals surface area contributed by atoms with Crippen molar-refractivity contribution in [1.29, 1.82) is 0 Å². The molecule has 30 heavy (non-hydrogen) atoms. The summed E-state index contributed by atoms with van der Waals surface area (Å²) < 4.78 is 80.6. The number of hydrogen-bond donors (Lipinski definition) is 1. The Morgan fingerprint density at radius 3 is 2.07 bits per heavy atom. The Bertz CT molecular complexity index is 913. The molecule has 1 aromatic carbocycles. The van der Waals surface area contributed by atoms with Gasteiger partial charge < -0.3 is 9.47 Å². The molecule has 0 aromatic heterocycles. The normalized spacial score (nSPS) is 20.6. The largest absolute Gasteiger partial charge is 0.451 e. The Balaban J connectivity index is 2.16. The van der Waals surface area contributed by atoms with Crippen LogP contribution in [0.2, 0.25) is 0 Å². The molecule has 2 rings (SSSR count). The number of benzene rings is 1. The highest BCUT2D eigenvalue weighted by Crippen LogP contribution is 2.40. The average Bonchev–Trinajstić information content (AvgIpc) is 3.05. The molecule has 7 nitrogen and oxygen atoms in total. The van der Waals surface area contributed by atoms with Crippen molar-refractivity contribution in [2.45, 2.75) is 31.5 Å². The van der Waals surface area contributed by atoms with E-state index in [0.717, 1.165) is 0 Å². The first kappa shape index (κ1) is 25.6. The molecule has 1 aromatic rings. The van der Waals surface area contributed by atoms with E-state index in [-0.39, 0.29) is 18.6 Å². The molecule has 14 heteroatoms. The predicted molar refractivity (Wildman–Crippen MR) is 108 cm³/mol. The van der Waals surface area contributed by atoms with E-state index in [9.17, 15) is 31.2 Å². The minimum atomic E-state index is -5.22. The summed E-state index contributed by atoms with van der Waals surface area (Å²) in [6, 6.07) is 3.22. The first-order valence-corrected chi connectivity index (χ1v) is 12.3. The molecule has 0 bridgehead atoms. The Hall–Kier alpha value is -0.700. The number of ether oxygens (including phenoxy) is 2. The van der Waals surface area contributed by atoms with Crippen molar-refractivity contribution in [2.24, 2.45) is 11.8 Å². The van der Waals surface area contributed by atoms with Crippen LogP contribution in [-0.2, 0) is 24.4 Å². The average molecular weight is 647 g/mol. The molecular formula is C16H14Br3F3O7S. The van der Waals surface area contributed by atoms with E-state index < -0.39 is 51.9 Å². The van der Waals surface area contributed by atoms with Crippen molar-refractivity contribution in [1.82, 2.24) is 0 Å². The number of carbonyl (C=O) groups excluding carboxylic acids is 2. The summed E-state index contributed by atoms with van der Waals surface area (Å²) >= 11 is 9.71. The molecule has 3 unspecified atom stereocenters. The van der Waals surface area contributed by atoms with Crippen molar-refractivity contribution in [3.05, 3.63) is 25.6 Å². The van der Waals surface area contributed by atoms with Gasteiger partial charge >= 0.3 is 18.1 Å². The van der Waals surface area contributed by atoms with Crippen molar-refractivity contribution >= 4 is 69.8 Å². The number of halogens is 6. The van der Waals surface area contributed by atoms with Crippen LogP contribution in [0.4, 0.5) is 13.2 Å². The smallest absolute Gasteiger partial charge is 0.426 e. The Kier molecular flexibility index (Phi) is 8.38. The summed E-state index contributed by atoms with van der Waals surface area (Å²) in [6.45, 7) is 0. The van der Waals surface area contributed by atoms with E-state index in [1.807, 2.05) is 0 Å². The van der Waals surface area contributed by atoms with E-state index in [2.05, 4.69) is 52.5 Å². The molecule has 0 amide bonds. The van der Waals surface area contributed by atoms with Crippen LogP contribution in [0.5, 0.6) is 5.75 Å². The molecule has 1 N–H and O–H groups in total. The summed E-state index contributed by atoms with van der Waals surface area (Å²) in [5.41, 5.74) is 0. The summed E-state index contributed by atoms with van der Waals surface area (Å²) in [6.07, 6.45) is -7.66. The lowest BCUT2D eigenvalue weighted by Crippen LogP contribution is -2.42. The second kappa shape index (κ2) is 9.84. The van der Waals surface area contributed by atoms with Crippen molar-refractivity contribution in [3.8, 4) is 5.75 Å². The third-order valence-electron chi connectivity index (χ3n) is 4.27. The first-order valence-electron chi connectivity index (χ1n) is 8.27. The van der Waals surface area contributed by atoms with Gasteiger partial charge in [0.15, 0.2) is 5.75 Å². The molecule has 0 heterocycles. The van der Waals surface area contributed by atoms with Gasteiger partial charge in [0.05, 0.1) is 20.8 Å². The maximum atomic E-state index is 13.0. The number of alkyl halides is 3. The lowest BCUT2D eigenvalue weighted by Gasteiger charge is -2.23. The Labute approximate surface area is 194 Å². The van der Waals surface area contributed by atoms with Crippen LogP contribution in [0, 0.1) is 11.8 Å². The van der Waals surface area contributed by atoms with Crippen LogP contribution in [0.25, 0.3) is 0 Å². The lowest BCUT2D eigenvalue weighted by atomic mass is 9.96. The van der Waals surface area contributed by atoms with Gasteiger partial charge in [0.1, 0.15) is 5.75 Å². The number of esters is 2. The summed E-state index contributed by atoms with van der Waals surface area (Å²) in [5.74, 6) is -6.23. The number of rotatable bonds is 6. The highest BCUT2D eigenvalue weighted by Gasteiger charge is 2.48. The first-order chi connectivity index (χ1) is 13.7. The molecule has 0 radical (unpaired) electrons. The lowest BCUT2D eigenvalue weighted by molar-refractivity contribution is -0.218. The van der Waals surface area contributed by atoms with Gasteiger partial charge in [-0.2, -0.15) is 21.6 Å². The molecule has 0 saturated heterocycles. The highest BCUT2D eigenvalue weighted by molar-refractivity contribution is 9.11. The third kappa shape index (κ3) is 6.90. The van der Waals surface area contributed by atoms with Gasteiger partial charge in [-0.3, -0.25) is 14.1 Å². The molecule has 168 valence electrons. The minimum Gasteiger partial charge on any atom is -0.451 e. The van der Waals surface area contributed by atoms with Gasteiger partial charge in [-0.1, -0.05) is 22.4 Å². The fourth-order valence-corrected chi connectivity index (χ4v) is 6.00. The van der Waals surface area contributed by atoms with Gasteiger partial charge in [0.25, 0.3) is 10.1 Å². The van der Waals surface area contributed by atoms with Crippen LogP contribution in [0.15, 0.2) is 25.6 Å². The van der Waals surface area contributed by atoms with Gasteiger partial charge in [-0.15, -0.1) is 0 Å². The highest BCUT2D eigenvalue weighted by atomic mass is 79.9. The van der Waals surface area contributed by atoms with E-state index in [0.29, 0.717) is 19.8 Å². The fraction of sp³-hybridized carbons (Fsp3) is 0.500. The zero-order valence-corrected chi connectivity index (χ0v) is 20.4. The van der Waals surface area contributed by atoms with E-state index in [4.69, 9.17) is 9.29 Å². The van der Waals surface area contributed by atoms with Gasteiger partial charge in [-0.05, 0) is 56.8 Å². The third-order valence-corrected chi connectivity index (χ3v) is 6.63. The Morgan fingerprint density at radius 1 is 1.10 bits per heavy atom. The van der Waals surface area contributed by atoms with Crippen LogP contribution in [-0.4, -0.2) is 42.9 Å². The quantitative estimate of drug-likeness (QED) is 0.272. The zero-order valence-electron chi connectivity index (χ0n) is 14.8. The molecule has 1 fully saturated rings. The van der Waals surface area contributed by atoms with Crippen LogP contribution in [0.3, 0.4) is 0 Å². The van der Waals surface area contributed by atoms with Gasteiger partial charge in [-0.25, -0.2) is 0 Å². The SMILES string of the molecule is O=C(Oc1c(Br)cc(Br)cc1Br)C1CCCC1C(=O)OC(CS(=O)(=O)O)C(F)(F)F. The topological polar surface area (TPSA) is 107 Å². The summed E-state index contributed by atoms with van der Waals surface area (Å²) in [7, 11) is -5.06. The predicted octanol–water partition coefficient (Wildman–Crippen LogP) is 4.66. The standard InChI is InChI=1S/C16H14Br3F3O7S/c17-7-4-10(18)13(11(19)5-7)29-15(24)9-3-1-2-8(9)14(23)28-12(16(20,21)22)6-30(25,26)27/h4-5,8-9,12H,1-3,6H2,(H,25,26,27). The second-order valence-electron chi connectivity index (χ2n) is 6.48. The maximum Gasteiger partial charge on any atom is 0.426 e. The molecule has 1 saturated carbocycles. The molecule has 1 aliphatic carbocycles. The van der Waals surface area contributed by atoms with Crippen molar-refractivity contribution in [3.63, 3.8) is 0 Å². The maximum absolute atomic E-state index is 13.0. The molecule has 0 spiro atoms. The zero-order chi connectivity index (χ0) is 22.9. The van der Waals surface area contributed by atoms with Crippen LogP contribution in [0.1, 0.15) is 19.3 Å². The second-order valence-corrected chi connectivity index (χ2v) is 10.6. The van der Waals surface area contributed by atoms with Crippen LogP contribution >= 0.6 is 47.8 Å². The number of carbonyl (C=O) groups is 2. The fourth-order valence-electron chi connectivity index (χ4n) is 2.94. The summed E-state index contributed by atoms with van der Waals surface area (Å²) in [4.78, 5) is 24.9. The minimum absolute atomic E-state index is 0.0672. The summed E-state index contributed by atoms with van der Waals surface area (Å²) in [5, 5.41) is 0. The Morgan fingerprint density at radius 2 is 1.60 bits per heavy atom. The molecular weight excluding hydrogens is 633 g/mol.